The lowest BCUT2D eigenvalue weighted by molar-refractivity contribution is -0.113. The third-order valence-electron chi connectivity index (χ3n) is 4.07. The molecule has 0 saturated carbocycles. The van der Waals surface area contributed by atoms with Gasteiger partial charge in [-0.25, -0.2) is 4.79 Å². The Hall–Kier alpha value is -1.54. The molecule has 0 unspecified atom stereocenters. The number of amides is 1. The van der Waals surface area contributed by atoms with Gasteiger partial charge in [0.05, 0.1) is 29.6 Å². The van der Waals surface area contributed by atoms with Crippen LogP contribution in [0.2, 0.25) is 10.0 Å². The van der Waals surface area contributed by atoms with Crippen molar-refractivity contribution >= 4 is 46.6 Å². The van der Waals surface area contributed by atoms with Crippen LogP contribution in [0.15, 0.2) is 28.0 Å². The van der Waals surface area contributed by atoms with Crippen molar-refractivity contribution in [2.45, 2.75) is 30.8 Å². The summed E-state index contributed by atoms with van der Waals surface area (Å²) in [5.41, 5.74) is 1.97. The van der Waals surface area contributed by atoms with Crippen LogP contribution in [0.25, 0.3) is 0 Å². The monoisotopic (exact) mass is 413 g/mol. The van der Waals surface area contributed by atoms with Gasteiger partial charge in [0.2, 0.25) is 5.91 Å². The zero-order valence-electron chi connectivity index (χ0n) is 13.8. The van der Waals surface area contributed by atoms with Crippen LogP contribution in [0.3, 0.4) is 0 Å². The van der Waals surface area contributed by atoms with Gasteiger partial charge in [-0.15, -0.1) is 0 Å². The number of aliphatic hydroxyl groups excluding tert-OH is 1. The molecule has 3 rings (SSSR count). The molecule has 6 nitrogen and oxygen atoms in total. The number of thioether (sulfide) groups is 1. The minimum Gasteiger partial charge on any atom is -0.395 e. The van der Waals surface area contributed by atoms with Crippen molar-refractivity contribution in [1.82, 2.24) is 9.55 Å². The topological polar surface area (TPSA) is 84.2 Å². The maximum atomic E-state index is 12.2. The fraction of sp³-hybridized carbons (Fsp3) is 0.353. The number of carbonyl (C=O) groups is 1. The summed E-state index contributed by atoms with van der Waals surface area (Å²) in [6.45, 7) is 0.135. The van der Waals surface area contributed by atoms with Crippen LogP contribution in [0.4, 0.5) is 5.69 Å². The summed E-state index contributed by atoms with van der Waals surface area (Å²) < 4.78 is 1.53. The van der Waals surface area contributed by atoms with Gasteiger partial charge in [0.15, 0.2) is 0 Å². The molecule has 0 atom stereocenters. The van der Waals surface area contributed by atoms with E-state index in [1.54, 1.807) is 18.2 Å². The van der Waals surface area contributed by atoms with Crippen LogP contribution in [0, 0.1) is 0 Å². The van der Waals surface area contributed by atoms with Crippen LogP contribution in [0.1, 0.15) is 17.7 Å². The van der Waals surface area contributed by atoms with E-state index in [1.165, 1.54) is 16.3 Å². The van der Waals surface area contributed by atoms with Crippen LogP contribution in [0.5, 0.6) is 0 Å². The van der Waals surface area contributed by atoms with Gasteiger partial charge in [-0.1, -0.05) is 35.0 Å². The van der Waals surface area contributed by atoms with Crippen molar-refractivity contribution in [2.24, 2.45) is 0 Å². The number of carbonyl (C=O) groups excluding carboxylic acids is 1. The van der Waals surface area contributed by atoms with E-state index in [4.69, 9.17) is 28.3 Å². The molecule has 0 aliphatic heterocycles. The lowest BCUT2D eigenvalue weighted by Gasteiger charge is -2.13. The summed E-state index contributed by atoms with van der Waals surface area (Å²) in [6.07, 6.45) is 2.53. The van der Waals surface area contributed by atoms with Crippen molar-refractivity contribution in [2.75, 3.05) is 17.7 Å². The average Bonchev–Trinajstić information content (AvgIpc) is 3.09. The first-order valence-electron chi connectivity index (χ1n) is 8.10. The first-order chi connectivity index (χ1) is 12.5. The van der Waals surface area contributed by atoms with E-state index in [-0.39, 0.29) is 30.5 Å². The number of hydrogen-bond donors (Lipinski definition) is 2. The highest BCUT2D eigenvalue weighted by Crippen LogP contribution is 2.30. The highest BCUT2D eigenvalue weighted by atomic mass is 35.5. The Balaban J connectivity index is 1.73. The Morgan fingerprint density at radius 1 is 1.35 bits per heavy atom. The van der Waals surface area contributed by atoms with Crippen LogP contribution in [-0.4, -0.2) is 32.9 Å². The predicted octanol–water partition coefficient (Wildman–Crippen LogP) is 2.76. The van der Waals surface area contributed by atoms with Gasteiger partial charge < -0.3 is 10.4 Å². The number of benzene rings is 1. The van der Waals surface area contributed by atoms with Crippen LogP contribution in [-0.2, 0) is 24.2 Å². The Kier molecular flexibility index (Phi) is 6.24. The standard InChI is InChI=1S/C17H17Cl2N3O3S/c18-10-4-5-12(19)13(8-10)20-15(24)9-26-16-11-2-1-3-14(11)22(6-7-23)17(25)21-16/h4-5,8,23H,1-3,6-7,9H2,(H,20,24). The Morgan fingerprint density at radius 2 is 2.15 bits per heavy atom. The quantitative estimate of drug-likeness (QED) is 0.561. The highest BCUT2D eigenvalue weighted by molar-refractivity contribution is 8.00. The maximum absolute atomic E-state index is 12.2. The van der Waals surface area contributed by atoms with Crippen LogP contribution < -0.4 is 11.0 Å². The Labute approximate surface area is 164 Å². The van der Waals surface area contributed by atoms with E-state index >= 15 is 0 Å². The molecular formula is C17H17Cl2N3O3S. The summed E-state index contributed by atoms with van der Waals surface area (Å²) in [6, 6.07) is 4.84. The van der Waals surface area contributed by atoms with E-state index in [9.17, 15) is 9.59 Å². The molecule has 1 aromatic heterocycles. The fourth-order valence-electron chi connectivity index (χ4n) is 2.95. The first kappa shape index (κ1) is 19.2. The molecular weight excluding hydrogens is 397 g/mol. The fourth-order valence-corrected chi connectivity index (χ4v) is 4.16. The third kappa shape index (κ3) is 4.23. The van der Waals surface area contributed by atoms with Gasteiger partial charge in [0.1, 0.15) is 5.03 Å². The SMILES string of the molecule is O=C(CSc1nc(=O)n(CCO)c2c1CCC2)Nc1cc(Cl)ccc1Cl. The Morgan fingerprint density at radius 3 is 2.92 bits per heavy atom. The van der Waals surface area contributed by atoms with E-state index in [0.29, 0.717) is 20.8 Å². The number of aliphatic hydroxyl groups is 1. The number of hydrogen-bond acceptors (Lipinski definition) is 5. The highest BCUT2D eigenvalue weighted by Gasteiger charge is 2.22. The lowest BCUT2D eigenvalue weighted by atomic mass is 10.2. The molecule has 26 heavy (non-hydrogen) atoms. The summed E-state index contributed by atoms with van der Waals surface area (Å²) >= 11 is 13.2. The summed E-state index contributed by atoms with van der Waals surface area (Å²) in [4.78, 5) is 28.5. The van der Waals surface area contributed by atoms with Crippen LogP contribution >= 0.6 is 35.0 Å². The molecule has 0 radical (unpaired) electrons. The number of nitrogens with zero attached hydrogens (tertiary/aromatic N) is 2. The van der Waals surface area contributed by atoms with Crippen molar-refractivity contribution in [1.29, 1.82) is 0 Å². The van der Waals surface area contributed by atoms with E-state index in [0.717, 1.165) is 30.5 Å². The summed E-state index contributed by atoms with van der Waals surface area (Å²) in [5, 5.41) is 13.3. The second-order valence-corrected chi connectivity index (χ2v) is 7.62. The minimum absolute atomic E-state index is 0.103. The van der Waals surface area contributed by atoms with Crippen molar-refractivity contribution in [3.63, 3.8) is 0 Å². The summed E-state index contributed by atoms with van der Waals surface area (Å²) in [5.74, 6) is -0.154. The zero-order valence-corrected chi connectivity index (χ0v) is 16.1. The Bertz CT molecular complexity index is 902. The molecule has 0 fully saturated rings. The molecule has 138 valence electrons. The molecule has 1 heterocycles. The van der Waals surface area contributed by atoms with Crippen molar-refractivity contribution in [3.8, 4) is 0 Å². The molecule has 1 aromatic carbocycles. The molecule has 9 heteroatoms. The van der Waals surface area contributed by atoms with Gasteiger partial charge in [-0.3, -0.25) is 9.36 Å². The van der Waals surface area contributed by atoms with Crippen molar-refractivity contribution in [3.05, 3.63) is 50.0 Å². The number of rotatable bonds is 6. The minimum atomic E-state index is -0.388. The molecule has 1 amide bonds. The predicted molar refractivity (Wildman–Crippen MR) is 103 cm³/mol. The maximum Gasteiger partial charge on any atom is 0.348 e. The van der Waals surface area contributed by atoms with Gasteiger partial charge in [0, 0.05) is 16.3 Å². The van der Waals surface area contributed by atoms with Gasteiger partial charge >= 0.3 is 5.69 Å². The molecule has 2 N–H and O–H groups in total. The molecule has 2 aromatic rings. The largest absolute Gasteiger partial charge is 0.395 e. The van der Waals surface area contributed by atoms with Gasteiger partial charge in [0.25, 0.3) is 0 Å². The normalized spacial score (nSPS) is 12.9. The second-order valence-electron chi connectivity index (χ2n) is 5.81. The molecule has 0 spiro atoms. The number of anilines is 1. The number of aromatic nitrogens is 2. The molecule has 0 saturated heterocycles. The smallest absolute Gasteiger partial charge is 0.348 e. The lowest BCUT2D eigenvalue weighted by Crippen LogP contribution is -2.28. The number of halogens is 2. The summed E-state index contributed by atoms with van der Waals surface area (Å²) in [7, 11) is 0. The van der Waals surface area contributed by atoms with Gasteiger partial charge in [-0.05, 0) is 37.5 Å². The first-order valence-corrected chi connectivity index (χ1v) is 9.85. The van der Waals surface area contributed by atoms with E-state index in [1.807, 2.05) is 0 Å². The molecule has 1 aliphatic rings. The average molecular weight is 414 g/mol. The molecule has 1 aliphatic carbocycles. The molecule has 0 bridgehead atoms. The number of nitrogens with one attached hydrogen (secondary N) is 1. The van der Waals surface area contributed by atoms with Crippen molar-refractivity contribution < 1.29 is 9.90 Å². The second kappa shape index (κ2) is 8.43. The zero-order chi connectivity index (χ0) is 18.7. The van der Waals surface area contributed by atoms with Gasteiger partial charge in [-0.2, -0.15) is 4.98 Å². The van der Waals surface area contributed by atoms with E-state index in [2.05, 4.69) is 10.3 Å². The third-order valence-corrected chi connectivity index (χ3v) is 5.65. The number of fused-ring (bicyclic) bond motifs is 1. The van der Waals surface area contributed by atoms with E-state index < -0.39 is 0 Å².